The fourth-order valence-corrected chi connectivity index (χ4v) is 4.72. The number of benzene rings is 3. The van der Waals surface area contributed by atoms with E-state index in [1.54, 1.807) is 0 Å². The lowest BCUT2D eigenvalue weighted by molar-refractivity contribution is 0.0475. The van der Waals surface area contributed by atoms with Gasteiger partial charge >= 0.3 is 5.97 Å². The highest BCUT2D eigenvalue weighted by molar-refractivity contribution is 6.30. The zero-order valence-corrected chi connectivity index (χ0v) is 20.4. The number of para-hydroxylation sites is 1. The van der Waals surface area contributed by atoms with Gasteiger partial charge in [0.25, 0.3) is 0 Å². The number of carbonyl (C=O) groups excluding carboxylic acids is 2. The number of rotatable bonds is 5. The van der Waals surface area contributed by atoms with E-state index in [0.717, 1.165) is 50.8 Å². The van der Waals surface area contributed by atoms with Crippen molar-refractivity contribution in [1.29, 1.82) is 0 Å². The number of ketones is 1. The molecule has 0 fully saturated rings. The summed E-state index contributed by atoms with van der Waals surface area (Å²) in [4.78, 5) is 31.1. The predicted octanol–water partition coefficient (Wildman–Crippen LogP) is 7.03. The molecule has 3 aromatic carbocycles. The Labute approximate surface area is 209 Å². The van der Waals surface area contributed by atoms with E-state index in [9.17, 15) is 9.59 Å². The van der Waals surface area contributed by atoms with E-state index >= 15 is 0 Å². The Bertz CT molecular complexity index is 1500. The van der Waals surface area contributed by atoms with Crippen LogP contribution in [0.4, 0.5) is 0 Å². The van der Waals surface area contributed by atoms with Gasteiger partial charge in [-0.2, -0.15) is 0 Å². The highest BCUT2D eigenvalue weighted by Gasteiger charge is 2.28. The molecule has 1 aliphatic carbocycles. The van der Waals surface area contributed by atoms with Gasteiger partial charge in [-0.05, 0) is 79.3 Å². The van der Waals surface area contributed by atoms with Crippen molar-refractivity contribution in [2.45, 2.75) is 26.7 Å². The SMILES string of the molecule is Cc1ccc(C)c(C(=O)COC(=O)c2c3c(nc4ccccc24)C(=Cc2ccc(Cl)cc2)CC3)c1. The van der Waals surface area contributed by atoms with Gasteiger partial charge in [0.05, 0.1) is 16.8 Å². The minimum absolute atomic E-state index is 0.210. The van der Waals surface area contributed by atoms with Crippen molar-refractivity contribution < 1.29 is 14.3 Å². The maximum atomic E-state index is 13.4. The monoisotopic (exact) mass is 481 g/mol. The zero-order chi connectivity index (χ0) is 24.5. The maximum absolute atomic E-state index is 13.4. The molecule has 4 aromatic rings. The van der Waals surface area contributed by atoms with E-state index in [1.165, 1.54) is 0 Å². The van der Waals surface area contributed by atoms with E-state index in [2.05, 4.69) is 6.08 Å². The number of hydrogen-bond donors (Lipinski definition) is 0. The summed E-state index contributed by atoms with van der Waals surface area (Å²) in [6.45, 7) is 3.51. The number of pyridine rings is 1. The summed E-state index contributed by atoms with van der Waals surface area (Å²) in [5.74, 6) is -0.705. The van der Waals surface area contributed by atoms with Crippen LogP contribution in [0.2, 0.25) is 5.02 Å². The topological polar surface area (TPSA) is 56.3 Å². The number of hydrogen-bond acceptors (Lipinski definition) is 4. The van der Waals surface area contributed by atoms with Crippen molar-refractivity contribution in [1.82, 2.24) is 4.98 Å². The smallest absolute Gasteiger partial charge is 0.339 e. The van der Waals surface area contributed by atoms with Gasteiger partial charge in [0.1, 0.15) is 0 Å². The average molecular weight is 482 g/mol. The number of fused-ring (bicyclic) bond motifs is 2. The summed E-state index contributed by atoms with van der Waals surface area (Å²) in [5, 5.41) is 1.42. The zero-order valence-electron chi connectivity index (χ0n) is 19.6. The predicted molar refractivity (Wildman–Crippen MR) is 140 cm³/mol. The van der Waals surface area contributed by atoms with Crippen molar-refractivity contribution in [3.8, 4) is 0 Å². The number of aromatic nitrogens is 1. The van der Waals surface area contributed by atoms with Crippen LogP contribution in [0.5, 0.6) is 0 Å². The molecule has 5 heteroatoms. The van der Waals surface area contributed by atoms with Crippen LogP contribution in [0.15, 0.2) is 66.7 Å². The Hall–Kier alpha value is -3.76. The number of nitrogens with zero attached hydrogens (tertiary/aromatic N) is 1. The van der Waals surface area contributed by atoms with Crippen LogP contribution in [0.1, 0.15) is 55.1 Å². The lowest BCUT2D eigenvalue weighted by Gasteiger charge is -2.13. The molecule has 0 N–H and O–H groups in total. The summed E-state index contributed by atoms with van der Waals surface area (Å²) in [5.41, 5.74) is 7.42. The number of aryl methyl sites for hydroxylation is 2. The van der Waals surface area contributed by atoms with E-state index in [0.29, 0.717) is 22.6 Å². The Morgan fingerprint density at radius 2 is 1.77 bits per heavy atom. The Balaban J connectivity index is 1.49. The first kappa shape index (κ1) is 23.0. The highest BCUT2D eigenvalue weighted by atomic mass is 35.5. The van der Waals surface area contributed by atoms with Gasteiger partial charge < -0.3 is 4.74 Å². The summed E-state index contributed by atoms with van der Waals surface area (Å²) in [6, 6.07) is 20.9. The molecule has 0 radical (unpaired) electrons. The molecule has 174 valence electrons. The quantitative estimate of drug-likeness (QED) is 0.227. The van der Waals surface area contributed by atoms with Crippen LogP contribution in [-0.2, 0) is 11.2 Å². The molecule has 4 nitrogen and oxygen atoms in total. The second-order valence-corrected chi connectivity index (χ2v) is 9.31. The normalized spacial score (nSPS) is 13.7. The van der Waals surface area contributed by atoms with Gasteiger partial charge in [-0.1, -0.05) is 59.6 Å². The van der Waals surface area contributed by atoms with Gasteiger partial charge in [0.2, 0.25) is 5.78 Å². The van der Waals surface area contributed by atoms with Crippen LogP contribution < -0.4 is 0 Å². The molecule has 0 bridgehead atoms. The van der Waals surface area contributed by atoms with Crippen LogP contribution >= 0.6 is 11.6 Å². The molecule has 0 atom stereocenters. The maximum Gasteiger partial charge on any atom is 0.339 e. The number of ether oxygens (including phenoxy) is 1. The average Bonchev–Trinajstić information content (AvgIpc) is 3.25. The third-order valence-corrected chi connectivity index (χ3v) is 6.64. The van der Waals surface area contributed by atoms with E-state index in [4.69, 9.17) is 21.3 Å². The van der Waals surface area contributed by atoms with E-state index in [-0.39, 0.29) is 12.4 Å². The van der Waals surface area contributed by atoms with Crippen molar-refractivity contribution >= 4 is 45.9 Å². The first-order chi connectivity index (χ1) is 16.9. The molecule has 0 amide bonds. The largest absolute Gasteiger partial charge is 0.454 e. The van der Waals surface area contributed by atoms with Gasteiger partial charge in [-0.3, -0.25) is 4.79 Å². The second kappa shape index (κ2) is 9.47. The number of halogens is 1. The number of carbonyl (C=O) groups is 2. The first-order valence-electron chi connectivity index (χ1n) is 11.6. The van der Waals surface area contributed by atoms with Crippen LogP contribution in [0, 0.1) is 13.8 Å². The van der Waals surface area contributed by atoms with Crippen LogP contribution in [-0.4, -0.2) is 23.3 Å². The summed E-state index contributed by atoms with van der Waals surface area (Å²) in [6.07, 6.45) is 3.54. The van der Waals surface area contributed by atoms with Crippen LogP contribution in [0.3, 0.4) is 0 Å². The van der Waals surface area contributed by atoms with Gasteiger partial charge in [0, 0.05) is 16.0 Å². The third-order valence-electron chi connectivity index (χ3n) is 6.38. The molecule has 0 unspecified atom stereocenters. The second-order valence-electron chi connectivity index (χ2n) is 8.87. The molecular formula is C30H24ClNO3. The molecule has 0 saturated heterocycles. The Kier molecular flexibility index (Phi) is 6.23. The molecule has 5 rings (SSSR count). The molecule has 0 saturated carbocycles. The van der Waals surface area contributed by atoms with Crippen molar-refractivity contribution in [2.24, 2.45) is 0 Å². The summed E-state index contributed by atoms with van der Waals surface area (Å²) in [7, 11) is 0. The summed E-state index contributed by atoms with van der Waals surface area (Å²) < 4.78 is 5.59. The van der Waals surface area contributed by atoms with Gasteiger partial charge in [-0.25, -0.2) is 9.78 Å². The van der Waals surface area contributed by atoms with Gasteiger partial charge in [-0.15, -0.1) is 0 Å². The van der Waals surface area contributed by atoms with Crippen molar-refractivity contribution in [2.75, 3.05) is 6.61 Å². The fraction of sp³-hybridized carbons (Fsp3) is 0.167. The molecule has 0 aliphatic heterocycles. The molecule has 1 aliphatic rings. The molecule has 0 spiro atoms. The molecule has 1 heterocycles. The third kappa shape index (κ3) is 4.62. The molecular weight excluding hydrogens is 458 g/mol. The van der Waals surface area contributed by atoms with Crippen molar-refractivity contribution in [3.05, 3.63) is 111 Å². The molecule has 35 heavy (non-hydrogen) atoms. The lowest BCUT2D eigenvalue weighted by atomic mass is 10.0. The van der Waals surface area contributed by atoms with Crippen molar-refractivity contribution in [3.63, 3.8) is 0 Å². The summed E-state index contributed by atoms with van der Waals surface area (Å²) >= 11 is 6.03. The molecule has 1 aromatic heterocycles. The number of esters is 1. The van der Waals surface area contributed by atoms with Gasteiger partial charge in [0.15, 0.2) is 6.61 Å². The highest BCUT2D eigenvalue weighted by Crippen LogP contribution is 2.38. The number of allylic oxidation sites excluding steroid dienone is 1. The minimum Gasteiger partial charge on any atom is -0.454 e. The van der Waals surface area contributed by atoms with E-state index in [1.807, 2.05) is 80.6 Å². The van der Waals surface area contributed by atoms with E-state index < -0.39 is 5.97 Å². The minimum atomic E-state index is -0.494. The lowest BCUT2D eigenvalue weighted by Crippen LogP contribution is -2.17. The standard InChI is InChI=1S/C30H24ClNO3/c1-18-7-8-19(2)25(15-18)27(33)17-35-30(34)28-23-5-3-4-6-26(23)32-29-21(11-14-24(28)29)16-20-9-12-22(31)13-10-20/h3-10,12-13,15-16H,11,14,17H2,1-2H3. The first-order valence-corrected chi connectivity index (χ1v) is 11.9. The number of Topliss-reactive ketones (excluding diaryl/α,β-unsaturated/α-hetero) is 1. The fourth-order valence-electron chi connectivity index (χ4n) is 4.59. The Morgan fingerprint density at radius 3 is 2.57 bits per heavy atom. The van der Waals surface area contributed by atoms with Crippen LogP contribution in [0.25, 0.3) is 22.6 Å². The Morgan fingerprint density at radius 1 is 1.00 bits per heavy atom.